The number of hydrogen-bond acceptors (Lipinski definition) is 5. The summed E-state index contributed by atoms with van der Waals surface area (Å²) in [5.74, 6) is 0.785. The average molecular weight is 231 g/mol. The second-order valence-corrected chi connectivity index (χ2v) is 4.86. The van der Waals surface area contributed by atoms with Crippen LogP contribution in [0.15, 0.2) is 5.18 Å². The summed E-state index contributed by atoms with van der Waals surface area (Å²) in [6.07, 6.45) is 1.69. The molecule has 0 amide bonds. The van der Waals surface area contributed by atoms with Gasteiger partial charge < -0.3 is 4.74 Å². The first-order chi connectivity index (χ1) is 7.24. The Bertz CT molecular complexity index is 235. The Hall–Kier alpha value is -0.580. The lowest BCUT2D eigenvalue weighted by molar-refractivity contribution is -0.143. The van der Waals surface area contributed by atoms with Crippen LogP contribution in [-0.4, -0.2) is 29.6 Å². The maximum absolute atomic E-state index is 11.6. The van der Waals surface area contributed by atoms with Gasteiger partial charge in [0.15, 0.2) is 0 Å². The van der Waals surface area contributed by atoms with Crippen LogP contribution >= 0.6 is 11.8 Å². The standard InChI is InChI=1S/C10H17NO3S/c1-3-5-14-10(12)9-8(11-13)7(4-2)6-15-9/h7-9H,3-6H2,1-2H3. The molecule has 1 aliphatic rings. The van der Waals surface area contributed by atoms with Gasteiger partial charge in [0.25, 0.3) is 0 Å². The molecule has 0 aromatic heterocycles. The first-order valence-corrected chi connectivity index (χ1v) is 6.40. The van der Waals surface area contributed by atoms with Crippen molar-refractivity contribution in [2.75, 3.05) is 12.4 Å². The first-order valence-electron chi connectivity index (χ1n) is 5.35. The molecule has 0 aromatic rings. The summed E-state index contributed by atoms with van der Waals surface area (Å²) in [5, 5.41) is 2.70. The van der Waals surface area contributed by atoms with Crippen molar-refractivity contribution in [3.05, 3.63) is 4.91 Å². The van der Waals surface area contributed by atoms with Crippen LogP contribution in [0.25, 0.3) is 0 Å². The number of hydrogen-bond donors (Lipinski definition) is 0. The number of rotatable bonds is 5. The number of esters is 1. The van der Waals surface area contributed by atoms with Gasteiger partial charge in [0.05, 0.1) is 6.61 Å². The summed E-state index contributed by atoms with van der Waals surface area (Å²) in [6, 6.07) is -0.399. The van der Waals surface area contributed by atoms with Gasteiger partial charge in [-0.15, -0.1) is 11.8 Å². The van der Waals surface area contributed by atoms with E-state index in [1.807, 2.05) is 13.8 Å². The van der Waals surface area contributed by atoms with Gasteiger partial charge in [-0.2, -0.15) is 4.91 Å². The lowest BCUT2D eigenvalue weighted by Crippen LogP contribution is -2.31. The Balaban J connectivity index is 2.54. The summed E-state index contributed by atoms with van der Waals surface area (Å²) < 4.78 is 5.04. The molecule has 3 unspecified atom stereocenters. The van der Waals surface area contributed by atoms with Crippen LogP contribution in [0.2, 0.25) is 0 Å². The Labute approximate surface area is 94.1 Å². The number of nitrogens with zero attached hydrogens (tertiary/aromatic N) is 1. The van der Waals surface area contributed by atoms with Crippen LogP contribution in [-0.2, 0) is 9.53 Å². The van der Waals surface area contributed by atoms with Gasteiger partial charge in [-0.25, -0.2) is 0 Å². The fraction of sp³-hybridized carbons (Fsp3) is 0.900. The van der Waals surface area contributed by atoms with Gasteiger partial charge in [0.2, 0.25) is 0 Å². The van der Waals surface area contributed by atoms with E-state index in [1.165, 1.54) is 11.8 Å². The number of ether oxygens (including phenoxy) is 1. The lowest BCUT2D eigenvalue weighted by atomic mass is 9.97. The molecule has 0 aromatic carbocycles. The molecule has 0 N–H and O–H groups in total. The minimum atomic E-state index is -0.399. The maximum Gasteiger partial charge on any atom is 0.321 e. The van der Waals surface area contributed by atoms with Crippen LogP contribution < -0.4 is 0 Å². The van der Waals surface area contributed by atoms with Crippen LogP contribution in [0.3, 0.4) is 0 Å². The molecule has 0 bridgehead atoms. The van der Waals surface area contributed by atoms with E-state index in [9.17, 15) is 9.70 Å². The van der Waals surface area contributed by atoms with Crippen molar-refractivity contribution in [2.24, 2.45) is 11.1 Å². The van der Waals surface area contributed by atoms with Gasteiger partial charge in [-0.3, -0.25) is 4.79 Å². The number of thioether (sulfide) groups is 1. The molecule has 3 atom stereocenters. The summed E-state index contributed by atoms with van der Waals surface area (Å²) in [4.78, 5) is 22.3. The lowest BCUT2D eigenvalue weighted by Gasteiger charge is -2.14. The molecule has 0 spiro atoms. The van der Waals surface area contributed by atoms with E-state index in [-0.39, 0.29) is 17.1 Å². The average Bonchev–Trinajstić information content (AvgIpc) is 2.68. The SMILES string of the molecule is CCCOC(=O)C1SCC(CC)C1N=O. The fourth-order valence-electron chi connectivity index (χ4n) is 1.66. The number of carbonyl (C=O) groups is 1. The smallest absolute Gasteiger partial charge is 0.321 e. The number of nitroso groups, excluding NO2 is 1. The minimum Gasteiger partial charge on any atom is -0.465 e. The number of carbonyl (C=O) groups excluding carboxylic acids is 1. The van der Waals surface area contributed by atoms with Crippen molar-refractivity contribution in [3.8, 4) is 0 Å². The Morgan fingerprint density at radius 2 is 2.27 bits per heavy atom. The zero-order valence-corrected chi connectivity index (χ0v) is 9.96. The minimum absolute atomic E-state index is 0.228. The Kier molecular flexibility index (Phi) is 5.08. The van der Waals surface area contributed by atoms with Crippen LogP contribution in [0, 0.1) is 10.8 Å². The Morgan fingerprint density at radius 3 is 2.80 bits per heavy atom. The molecule has 1 saturated heterocycles. The monoisotopic (exact) mass is 231 g/mol. The van der Waals surface area contributed by atoms with Crippen LogP contribution in [0.1, 0.15) is 26.7 Å². The van der Waals surface area contributed by atoms with E-state index >= 15 is 0 Å². The maximum atomic E-state index is 11.6. The molecule has 0 radical (unpaired) electrons. The van der Waals surface area contributed by atoms with E-state index in [4.69, 9.17) is 4.74 Å². The molecule has 1 fully saturated rings. The molecule has 1 heterocycles. The van der Waals surface area contributed by atoms with E-state index in [0.29, 0.717) is 6.61 Å². The van der Waals surface area contributed by atoms with Gasteiger partial charge in [0, 0.05) is 0 Å². The highest BCUT2D eigenvalue weighted by Gasteiger charge is 2.42. The topological polar surface area (TPSA) is 55.7 Å². The van der Waals surface area contributed by atoms with Crippen LogP contribution in [0.4, 0.5) is 0 Å². The molecule has 1 aliphatic heterocycles. The predicted molar refractivity (Wildman–Crippen MR) is 60.9 cm³/mol. The van der Waals surface area contributed by atoms with Gasteiger partial charge in [-0.05, 0) is 18.1 Å². The fourth-order valence-corrected chi connectivity index (χ4v) is 3.23. The summed E-state index contributed by atoms with van der Waals surface area (Å²) in [7, 11) is 0. The zero-order valence-electron chi connectivity index (χ0n) is 9.14. The normalized spacial score (nSPS) is 30.1. The molecular weight excluding hydrogens is 214 g/mol. The predicted octanol–water partition coefficient (Wildman–Crippen LogP) is 2.22. The Morgan fingerprint density at radius 1 is 1.53 bits per heavy atom. The molecule has 86 valence electrons. The highest BCUT2D eigenvalue weighted by molar-refractivity contribution is 8.00. The van der Waals surface area contributed by atoms with Gasteiger partial charge in [-0.1, -0.05) is 25.4 Å². The van der Waals surface area contributed by atoms with E-state index in [0.717, 1.165) is 18.6 Å². The van der Waals surface area contributed by atoms with Gasteiger partial charge >= 0.3 is 5.97 Å². The van der Waals surface area contributed by atoms with Crippen LogP contribution in [0.5, 0.6) is 0 Å². The zero-order chi connectivity index (χ0) is 11.3. The quantitative estimate of drug-likeness (QED) is 0.537. The van der Waals surface area contributed by atoms with Crippen molar-refractivity contribution in [2.45, 2.75) is 38.0 Å². The molecule has 0 saturated carbocycles. The summed E-state index contributed by atoms with van der Waals surface area (Å²) in [5.41, 5.74) is 0. The molecular formula is C10H17NO3S. The second-order valence-electron chi connectivity index (χ2n) is 3.69. The van der Waals surface area contributed by atoms with E-state index in [1.54, 1.807) is 0 Å². The van der Waals surface area contributed by atoms with Crippen molar-refractivity contribution in [1.82, 2.24) is 0 Å². The third-order valence-electron chi connectivity index (χ3n) is 2.61. The van der Waals surface area contributed by atoms with E-state index < -0.39 is 6.04 Å². The van der Waals surface area contributed by atoms with Gasteiger partial charge in [0.1, 0.15) is 11.3 Å². The van der Waals surface area contributed by atoms with Crippen molar-refractivity contribution >= 4 is 17.7 Å². The largest absolute Gasteiger partial charge is 0.465 e. The third kappa shape index (κ3) is 2.93. The first kappa shape index (κ1) is 12.5. The van der Waals surface area contributed by atoms with Crippen molar-refractivity contribution in [3.63, 3.8) is 0 Å². The van der Waals surface area contributed by atoms with E-state index in [2.05, 4.69) is 5.18 Å². The van der Waals surface area contributed by atoms with Crippen molar-refractivity contribution in [1.29, 1.82) is 0 Å². The highest BCUT2D eigenvalue weighted by Crippen LogP contribution is 2.36. The van der Waals surface area contributed by atoms with Crippen molar-refractivity contribution < 1.29 is 9.53 Å². The molecule has 4 nitrogen and oxygen atoms in total. The second kappa shape index (κ2) is 6.10. The molecule has 0 aliphatic carbocycles. The molecule has 1 rings (SSSR count). The summed E-state index contributed by atoms with van der Waals surface area (Å²) >= 11 is 1.50. The summed E-state index contributed by atoms with van der Waals surface area (Å²) in [6.45, 7) is 4.39. The molecule has 5 heteroatoms. The third-order valence-corrected chi connectivity index (χ3v) is 4.06. The molecule has 15 heavy (non-hydrogen) atoms. The highest BCUT2D eigenvalue weighted by atomic mass is 32.2.